The highest BCUT2D eigenvalue weighted by molar-refractivity contribution is 6.24. The Balaban J connectivity index is 3.00. The van der Waals surface area contributed by atoms with E-state index in [2.05, 4.69) is 6.92 Å². The van der Waals surface area contributed by atoms with Crippen LogP contribution in [0.5, 0.6) is 0 Å². The summed E-state index contributed by atoms with van der Waals surface area (Å²) in [7, 11) is 0. The molecule has 0 fully saturated rings. The van der Waals surface area contributed by atoms with Gasteiger partial charge in [0.2, 0.25) is 0 Å². The molecule has 0 bridgehead atoms. The second-order valence-corrected chi connectivity index (χ2v) is 6.99. The van der Waals surface area contributed by atoms with E-state index in [-0.39, 0.29) is 5.78 Å². The maximum atomic E-state index is 10.8. The van der Waals surface area contributed by atoms with Crippen molar-refractivity contribution in [3.63, 3.8) is 0 Å². The third kappa shape index (κ3) is 19.3. The van der Waals surface area contributed by atoms with Gasteiger partial charge >= 0.3 is 0 Å². The summed E-state index contributed by atoms with van der Waals surface area (Å²) < 4.78 is 0. The molecule has 0 N–H and O–H groups in total. The summed E-state index contributed by atoms with van der Waals surface area (Å²) in [4.78, 5) is 21.0. The minimum atomic E-state index is -0.244. The van der Waals surface area contributed by atoms with E-state index in [0.29, 0.717) is 12.7 Å². The molecule has 0 aliphatic rings. The van der Waals surface area contributed by atoms with Gasteiger partial charge in [-0.05, 0) is 6.42 Å². The van der Waals surface area contributed by atoms with Crippen LogP contribution in [0, 0.1) is 0 Å². The van der Waals surface area contributed by atoms with Crippen LogP contribution in [0.15, 0.2) is 0 Å². The van der Waals surface area contributed by atoms with E-state index in [1.807, 2.05) is 0 Å². The lowest BCUT2D eigenvalue weighted by molar-refractivity contribution is -0.129. The number of unbranched alkanes of at least 4 members (excludes halogenated alkanes) is 16. The van der Waals surface area contributed by atoms with Gasteiger partial charge in [-0.25, -0.2) is 0 Å². The Labute approximate surface area is 144 Å². The number of ketones is 1. The summed E-state index contributed by atoms with van der Waals surface area (Å²) in [5.41, 5.74) is 0. The topological polar surface area (TPSA) is 34.1 Å². The molecule has 0 unspecified atom stereocenters. The Morgan fingerprint density at radius 2 is 0.870 bits per heavy atom. The van der Waals surface area contributed by atoms with Crippen LogP contribution in [-0.2, 0) is 9.59 Å². The van der Waals surface area contributed by atoms with Crippen LogP contribution in [0.3, 0.4) is 0 Å². The van der Waals surface area contributed by atoms with Crippen molar-refractivity contribution >= 4 is 12.1 Å². The van der Waals surface area contributed by atoms with Crippen LogP contribution in [0.4, 0.5) is 0 Å². The van der Waals surface area contributed by atoms with Gasteiger partial charge in [-0.2, -0.15) is 0 Å². The Morgan fingerprint density at radius 3 is 1.17 bits per heavy atom. The van der Waals surface area contributed by atoms with Crippen molar-refractivity contribution < 1.29 is 9.59 Å². The van der Waals surface area contributed by atoms with E-state index in [9.17, 15) is 9.59 Å². The zero-order chi connectivity index (χ0) is 17.0. The lowest BCUT2D eigenvalue weighted by atomic mass is 10.0. The molecule has 23 heavy (non-hydrogen) atoms. The summed E-state index contributed by atoms with van der Waals surface area (Å²) >= 11 is 0. The lowest BCUT2D eigenvalue weighted by Gasteiger charge is -2.03. The van der Waals surface area contributed by atoms with Crippen LogP contribution in [0.2, 0.25) is 0 Å². The summed E-state index contributed by atoms with van der Waals surface area (Å²) in [6.45, 7) is 2.28. The molecule has 136 valence electrons. The van der Waals surface area contributed by atoms with E-state index in [0.717, 1.165) is 12.8 Å². The van der Waals surface area contributed by atoms with Gasteiger partial charge in [-0.3, -0.25) is 9.59 Å². The van der Waals surface area contributed by atoms with Gasteiger partial charge in [0, 0.05) is 6.42 Å². The molecular weight excluding hydrogens is 284 g/mol. The first kappa shape index (κ1) is 22.3. The number of Topliss-reactive ketones (excluding diaryl/α,β-unsaturated/α-hetero) is 1. The monoisotopic (exact) mass is 324 g/mol. The molecule has 0 spiro atoms. The normalized spacial score (nSPS) is 10.8. The predicted molar refractivity (Wildman–Crippen MR) is 99.9 cm³/mol. The van der Waals surface area contributed by atoms with Gasteiger partial charge in [0.1, 0.15) is 0 Å². The number of carbonyl (C=O) groups excluding carboxylic acids is 2. The Kier molecular flexibility index (Phi) is 18.8. The fraction of sp³-hybridized carbons (Fsp3) is 0.905. The summed E-state index contributed by atoms with van der Waals surface area (Å²) in [6, 6.07) is 0. The van der Waals surface area contributed by atoms with Crippen molar-refractivity contribution in [1.29, 1.82) is 0 Å². The van der Waals surface area contributed by atoms with Crippen molar-refractivity contribution in [2.75, 3.05) is 0 Å². The molecule has 0 saturated heterocycles. The molecule has 0 heterocycles. The molecule has 0 rings (SSSR count). The van der Waals surface area contributed by atoms with Crippen molar-refractivity contribution in [1.82, 2.24) is 0 Å². The minimum Gasteiger partial charge on any atom is -0.295 e. The third-order valence-electron chi connectivity index (χ3n) is 4.66. The Morgan fingerprint density at radius 1 is 0.565 bits per heavy atom. The summed E-state index contributed by atoms with van der Waals surface area (Å²) in [5.74, 6) is -0.244. The zero-order valence-corrected chi connectivity index (χ0v) is 15.6. The first-order valence-electron chi connectivity index (χ1n) is 10.3. The molecule has 0 aromatic heterocycles. The van der Waals surface area contributed by atoms with Gasteiger partial charge in [0.15, 0.2) is 12.1 Å². The smallest absolute Gasteiger partial charge is 0.195 e. The largest absolute Gasteiger partial charge is 0.295 e. The number of hydrogen-bond donors (Lipinski definition) is 0. The molecular formula is C21H40O2. The highest BCUT2D eigenvalue weighted by Crippen LogP contribution is 2.14. The van der Waals surface area contributed by atoms with Crippen LogP contribution in [0.25, 0.3) is 0 Å². The quantitative estimate of drug-likeness (QED) is 0.149. The number of aldehydes is 1. The standard InChI is InChI=1S/C21H40O2/c1-2-3-4-5-6-7-8-9-10-11-12-13-14-15-16-17-18-19-21(23)20-22/h20H,2-19H2,1H3. The minimum absolute atomic E-state index is 0.244. The predicted octanol–water partition coefficient (Wildman–Crippen LogP) is 6.80. The van der Waals surface area contributed by atoms with Gasteiger partial charge < -0.3 is 0 Å². The van der Waals surface area contributed by atoms with Crippen molar-refractivity contribution in [3.8, 4) is 0 Å². The zero-order valence-electron chi connectivity index (χ0n) is 15.6. The Bertz CT molecular complexity index is 261. The molecule has 0 aliphatic carbocycles. The van der Waals surface area contributed by atoms with E-state index >= 15 is 0 Å². The summed E-state index contributed by atoms with van der Waals surface area (Å²) in [6.07, 6.45) is 23.7. The second kappa shape index (κ2) is 19.4. The van der Waals surface area contributed by atoms with Crippen molar-refractivity contribution in [3.05, 3.63) is 0 Å². The molecule has 0 amide bonds. The SMILES string of the molecule is CCCCCCCCCCCCCCCCCCCC(=O)C=O. The van der Waals surface area contributed by atoms with Crippen LogP contribution in [0.1, 0.15) is 122 Å². The van der Waals surface area contributed by atoms with Crippen LogP contribution >= 0.6 is 0 Å². The van der Waals surface area contributed by atoms with E-state index in [1.165, 1.54) is 96.3 Å². The van der Waals surface area contributed by atoms with Gasteiger partial charge in [0.25, 0.3) is 0 Å². The lowest BCUT2D eigenvalue weighted by Crippen LogP contribution is -1.97. The maximum Gasteiger partial charge on any atom is 0.195 e. The van der Waals surface area contributed by atoms with E-state index < -0.39 is 0 Å². The molecule has 2 nitrogen and oxygen atoms in total. The van der Waals surface area contributed by atoms with Gasteiger partial charge in [-0.1, -0.05) is 110 Å². The summed E-state index contributed by atoms with van der Waals surface area (Å²) in [5, 5.41) is 0. The number of hydrogen-bond acceptors (Lipinski definition) is 2. The maximum absolute atomic E-state index is 10.8. The van der Waals surface area contributed by atoms with Crippen molar-refractivity contribution in [2.24, 2.45) is 0 Å². The molecule has 0 saturated carbocycles. The van der Waals surface area contributed by atoms with Gasteiger partial charge in [0.05, 0.1) is 0 Å². The Hall–Kier alpha value is -0.660. The molecule has 0 aliphatic heterocycles. The molecule has 0 aromatic rings. The third-order valence-corrected chi connectivity index (χ3v) is 4.66. The fourth-order valence-corrected chi connectivity index (χ4v) is 3.08. The highest BCUT2D eigenvalue weighted by Gasteiger charge is 1.98. The van der Waals surface area contributed by atoms with Crippen LogP contribution in [-0.4, -0.2) is 12.1 Å². The number of carbonyl (C=O) groups is 2. The van der Waals surface area contributed by atoms with Crippen LogP contribution < -0.4 is 0 Å². The number of rotatable bonds is 19. The molecule has 0 radical (unpaired) electrons. The molecule has 0 atom stereocenters. The highest BCUT2D eigenvalue weighted by atomic mass is 16.2. The average molecular weight is 325 g/mol. The first-order valence-corrected chi connectivity index (χ1v) is 10.3. The van der Waals surface area contributed by atoms with E-state index in [4.69, 9.17) is 0 Å². The molecule has 0 aromatic carbocycles. The first-order chi connectivity index (χ1) is 11.3. The molecule has 2 heteroatoms. The average Bonchev–Trinajstić information content (AvgIpc) is 2.57. The van der Waals surface area contributed by atoms with E-state index in [1.54, 1.807) is 0 Å². The second-order valence-electron chi connectivity index (χ2n) is 6.99. The van der Waals surface area contributed by atoms with Crippen molar-refractivity contribution in [2.45, 2.75) is 122 Å². The fourth-order valence-electron chi connectivity index (χ4n) is 3.08. The van der Waals surface area contributed by atoms with Gasteiger partial charge in [-0.15, -0.1) is 0 Å².